The van der Waals surface area contributed by atoms with Crippen LogP contribution in [0, 0.1) is 0 Å². The van der Waals surface area contributed by atoms with Crippen molar-refractivity contribution < 1.29 is 32.2 Å². The minimum Gasteiger partial charge on any atom is -0.465 e. The summed E-state index contributed by atoms with van der Waals surface area (Å²) in [4.78, 5) is 22.0. The summed E-state index contributed by atoms with van der Waals surface area (Å²) < 4.78 is 44.2. The average Bonchev–Trinajstić information content (AvgIpc) is 2.36. The second-order valence-electron chi connectivity index (χ2n) is 3.55. The molecule has 1 rings (SSSR count). The van der Waals surface area contributed by atoms with Crippen LogP contribution in [0.15, 0.2) is 24.3 Å². The first-order valence-corrected chi connectivity index (χ1v) is 6.37. The molecule has 8 heteroatoms. The molecule has 0 heterocycles. The highest BCUT2D eigenvalue weighted by Gasteiger charge is 2.31. The molecule has 0 radical (unpaired) electrons. The Morgan fingerprint density at radius 2 is 1.80 bits per heavy atom. The van der Waals surface area contributed by atoms with E-state index in [0.29, 0.717) is 0 Å². The van der Waals surface area contributed by atoms with Crippen LogP contribution in [0.5, 0.6) is 5.75 Å². The van der Waals surface area contributed by atoms with E-state index < -0.39 is 28.7 Å². The van der Waals surface area contributed by atoms with E-state index in [1.54, 1.807) is 6.92 Å². The van der Waals surface area contributed by atoms with Crippen molar-refractivity contribution in [2.75, 3.05) is 6.61 Å². The Balaban J connectivity index is 2.78. The summed E-state index contributed by atoms with van der Waals surface area (Å²) in [6.45, 7) is 1.71. The minimum atomic E-state index is -4.80. The van der Waals surface area contributed by atoms with Crippen LogP contribution in [0.1, 0.15) is 17.3 Å². The third-order valence-electron chi connectivity index (χ3n) is 2.10. The van der Waals surface area contributed by atoms with Gasteiger partial charge < -0.3 is 9.47 Å². The summed E-state index contributed by atoms with van der Waals surface area (Å²) in [5.74, 6) is -1.81. The first kappa shape index (κ1) is 16.5. The fourth-order valence-corrected chi connectivity index (χ4v) is 1.69. The van der Waals surface area contributed by atoms with Gasteiger partial charge in [0.05, 0.1) is 6.61 Å². The average molecular weight is 355 g/mol. The number of hydrogen-bond acceptors (Lipinski definition) is 4. The van der Waals surface area contributed by atoms with Crippen molar-refractivity contribution in [3.63, 3.8) is 0 Å². The number of hydrogen-bond donors (Lipinski definition) is 0. The maximum absolute atomic E-state index is 12.0. The Labute approximate surface area is 121 Å². The Hall–Kier alpha value is -1.57. The normalized spacial score (nSPS) is 12.7. The molecule has 1 aromatic rings. The summed E-state index contributed by atoms with van der Waals surface area (Å²) in [6, 6.07) is 4.25. The highest BCUT2D eigenvalue weighted by atomic mass is 79.9. The molecule has 20 heavy (non-hydrogen) atoms. The molecule has 0 aliphatic carbocycles. The molecule has 0 spiro atoms. The van der Waals surface area contributed by atoms with Gasteiger partial charge in [-0.15, -0.1) is 13.2 Å². The van der Waals surface area contributed by atoms with Crippen LogP contribution in [0.4, 0.5) is 13.2 Å². The number of benzene rings is 1. The van der Waals surface area contributed by atoms with Gasteiger partial charge in [-0.25, -0.2) is 0 Å². The Morgan fingerprint density at radius 3 is 2.25 bits per heavy atom. The summed E-state index contributed by atoms with van der Waals surface area (Å²) in [6.07, 6.45) is -4.80. The second kappa shape index (κ2) is 6.74. The number of Topliss-reactive ketones (excluding diaryl/α,β-unsaturated/α-hetero) is 1. The molecule has 1 atom stereocenters. The molecule has 0 aromatic heterocycles. The van der Waals surface area contributed by atoms with Crippen LogP contribution < -0.4 is 4.74 Å². The molecule has 0 saturated carbocycles. The monoisotopic (exact) mass is 354 g/mol. The van der Waals surface area contributed by atoms with E-state index in [0.717, 1.165) is 24.3 Å². The molecule has 4 nitrogen and oxygen atoms in total. The van der Waals surface area contributed by atoms with E-state index in [9.17, 15) is 22.8 Å². The van der Waals surface area contributed by atoms with Crippen molar-refractivity contribution in [3.8, 4) is 5.75 Å². The third kappa shape index (κ3) is 4.84. The van der Waals surface area contributed by atoms with Crippen molar-refractivity contribution in [2.24, 2.45) is 0 Å². The predicted octanol–water partition coefficient (Wildman–Crippen LogP) is 3.09. The van der Waals surface area contributed by atoms with E-state index in [1.807, 2.05) is 0 Å². The number of ether oxygens (including phenoxy) is 2. The van der Waals surface area contributed by atoms with Gasteiger partial charge in [-0.2, -0.15) is 0 Å². The topological polar surface area (TPSA) is 52.6 Å². The van der Waals surface area contributed by atoms with Crippen LogP contribution in [0.2, 0.25) is 0 Å². The Kier molecular flexibility index (Phi) is 5.55. The third-order valence-corrected chi connectivity index (χ3v) is 2.89. The van der Waals surface area contributed by atoms with E-state index >= 15 is 0 Å². The standard InChI is InChI=1S/C12H10BrF3O4/c1-2-19-11(18)9(13)10(17)7-3-5-8(6-4-7)20-12(14,15)16/h3-6,9H,2H2,1H3/t9-/m0/s1. The molecule has 0 fully saturated rings. The van der Waals surface area contributed by atoms with Gasteiger partial charge in [-0.05, 0) is 31.2 Å². The molecule has 0 unspecified atom stereocenters. The highest BCUT2D eigenvalue weighted by molar-refractivity contribution is 9.10. The molecular formula is C12H10BrF3O4. The lowest BCUT2D eigenvalue weighted by atomic mass is 10.1. The summed E-state index contributed by atoms with van der Waals surface area (Å²) in [5.41, 5.74) is 0.0643. The maximum atomic E-state index is 12.0. The molecule has 0 amide bonds. The van der Waals surface area contributed by atoms with Crippen LogP contribution in [0.25, 0.3) is 0 Å². The number of carbonyl (C=O) groups is 2. The van der Waals surface area contributed by atoms with Gasteiger partial charge in [0.1, 0.15) is 5.75 Å². The molecule has 0 N–H and O–H groups in total. The molecule has 110 valence electrons. The molecule has 0 bridgehead atoms. The van der Waals surface area contributed by atoms with Crippen molar-refractivity contribution in [2.45, 2.75) is 18.1 Å². The van der Waals surface area contributed by atoms with Gasteiger partial charge in [0, 0.05) is 5.56 Å². The number of esters is 1. The minimum absolute atomic E-state index is 0.0643. The van der Waals surface area contributed by atoms with Gasteiger partial charge in [0.25, 0.3) is 0 Å². The molecular weight excluding hydrogens is 345 g/mol. The largest absolute Gasteiger partial charge is 0.573 e. The van der Waals surface area contributed by atoms with E-state index in [-0.39, 0.29) is 12.2 Å². The van der Waals surface area contributed by atoms with Crippen LogP contribution in [-0.4, -0.2) is 29.5 Å². The molecule has 0 saturated heterocycles. The fraction of sp³-hybridized carbons (Fsp3) is 0.333. The number of halogens is 4. The summed E-state index contributed by atoms with van der Waals surface area (Å²) in [7, 11) is 0. The smallest absolute Gasteiger partial charge is 0.465 e. The van der Waals surface area contributed by atoms with E-state index in [4.69, 9.17) is 0 Å². The lowest BCUT2D eigenvalue weighted by Gasteiger charge is -2.10. The van der Waals surface area contributed by atoms with Crippen LogP contribution in [0.3, 0.4) is 0 Å². The lowest BCUT2D eigenvalue weighted by Crippen LogP contribution is -2.26. The van der Waals surface area contributed by atoms with Gasteiger partial charge in [-0.3, -0.25) is 9.59 Å². The molecule has 0 aliphatic rings. The first-order valence-electron chi connectivity index (χ1n) is 5.45. The predicted molar refractivity (Wildman–Crippen MR) is 66.8 cm³/mol. The summed E-state index contributed by atoms with van der Waals surface area (Å²) in [5, 5.41) is 0. The quantitative estimate of drug-likeness (QED) is 0.353. The van der Waals surface area contributed by atoms with Crippen molar-refractivity contribution in [1.82, 2.24) is 0 Å². The zero-order valence-electron chi connectivity index (χ0n) is 10.2. The molecule has 1 aromatic carbocycles. The van der Waals surface area contributed by atoms with E-state index in [1.165, 1.54) is 0 Å². The lowest BCUT2D eigenvalue weighted by molar-refractivity contribution is -0.274. The second-order valence-corrected chi connectivity index (χ2v) is 4.47. The van der Waals surface area contributed by atoms with Crippen LogP contribution in [-0.2, 0) is 9.53 Å². The van der Waals surface area contributed by atoms with Gasteiger partial charge >= 0.3 is 12.3 Å². The first-order chi connectivity index (χ1) is 9.24. The van der Waals surface area contributed by atoms with Crippen molar-refractivity contribution in [3.05, 3.63) is 29.8 Å². The molecule has 0 aliphatic heterocycles. The number of ketones is 1. The van der Waals surface area contributed by atoms with E-state index in [2.05, 4.69) is 25.4 Å². The van der Waals surface area contributed by atoms with Crippen molar-refractivity contribution >= 4 is 27.7 Å². The Bertz CT molecular complexity index is 484. The van der Waals surface area contributed by atoms with Crippen LogP contribution >= 0.6 is 15.9 Å². The van der Waals surface area contributed by atoms with Crippen molar-refractivity contribution in [1.29, 1.82) is 0 Å². The number of alkyl halides is 4. The Morgan fingerprint density at radius 1 is 1.25 bits per heavy atom. The summed E-state index contributed by atoms with van der Waals surface area (Å²) >= 11 is 2.88. The maximum Gasteiger partial charge on any atom is 0.573 e. The van der Waals surface area contributed by atoms with Gasteiger partial charge in [0.15, 0.2) is 10.6 Å². The zero-order chi connectivity index (χ0) is 15.3. The highest BCUT2D eigenvalue weighted by Crippen LogP contribution is 2.23. The fourth-order valence-electron chi connectivity index (χ4n) is 1.29. The SMILES string of the molecule is CCOC(=O)[C@@H](Br)C(=O)c1ccc(OC(F)(F)F)cc1. The number of rotatable bonds is 5. The zero-order valence-corrected chi connectivity index (χ0v) is 11.8. The van der Waals surface area contributed by atoms with Gasteiger partial charge in [-0.1, -0.05) is 15.9 Å². The van der Waals surface area contributed by atoms with Gasteiger partial charge in [0.2, 0.25) is 0 Å². The number of carbonyl (C=O) groups excluding carboxylic acids is 2.